The standard InChI is InChI=1S/C23H18IN3O2/c1-29-20-9-5-6-16(14-20)22-21(15-27(26-22)19-7-3-2-4-8-19)23(28)25-18-12-10-17(24)11-13-18/h2-15H,1H3,(H,25,28). The normalized spacial score (nSPS) is 10.6. The molecule has 1 heterocycles. The lowest BCUT2D eigenvalue weighted by atomic mass is 10.1. The molecule has 4 aromatic rings. The summed E-state index contributed by atoms with van der Waals surface area (Å²) in [6, 6.07) is 24.9. The van der Waals surface area contributed by atoms with Gasteiger partial charge in [0.1, 0.15) is 11.4 Å². The third kappa shape index (κ3) is 4.32. The van der Waals surface area contributed by atoms with Gasteiger partial charge in [0.05, 0.1) is 18.4 Å². The van der Waals surface area contributed by atoms with E-state index in [-0.39, 0.29) is 5.91 Å². The van der Waals surface area contributed by atoms with Crippen LogP contribution in [0.15, 0.2) is 85.1 Å². The molecule has 0 atom stereocenters. The number of aromatic nitrogens is 2. The Kier molecular flexibility index (Phi) is 5.62. The number of carbonyl (C=O) groups excluding carboxylic acids is 1. The van der Waals surface area contributed by atoms with Crippen molar-refractivity contribution >= 4 is 34.2 Å². The second kappa shape index (κ2) is 8.48. The Morgan fingerprint density at radius 1 is 1.00 bits per heavy atom. The van der Waals surface area contributed by atoms with Crippen LogP contribution in [0.4, 0.5) is 5.69 Å². The highest BCUT2D eigenvalue weighted by molar-refractivity contribution is 14.1. The first-order valence-corrected chi connectivity index (χ1v) is 10.1. The highest BCUT2D eigenvalue weighted by Gasteiger charge is 2.19. The Labute approximate surface area is 182 Å². The van der Waals surface area contributed by atoms with E-state index in [1.807, 2.05) is 78.9 Å². The zero-order valence-corrected chi connectivity index (χ0v) is 17.8. The smallest absolute Gasteiger partial charge is 0.259 e. The second-order valence-corrected chi connectivity index (χ2v) is 7.61. The van der Waals surface area contributed by atoms with E-state index in [0.717, 1.165) is 20.5 Å². The number of rotatable bonds is 5. The monoisotopic (exact) mass is 495 g/mol. The fourth-order valence-corrected chi connectivity index (χ4v) is 3.33. The second-order valence-electron chi connectivity index (χ2n) is 6.36. The van der Waals surface area contributed by atoms with Crippen LogP contribution in [0.3, 0.4) is 0 Å². The average molecular weight is 495 g/mol. The van der Waals surface area contributed by atoms with Gasteiger partial charge in [0.15, 0.2) is 0 Å². The summed E-state index contributed by atoms with van der Waals surface area (Å²) in [5.41, 5.74) is 3.51. The van der Waals surface area contributed by atoms with Gasteiger partial charge < -0.3 is 10.1 Å². The molecule has 0 fully saturated rings. The number of anilines is 1. The lowest BCUT2D eigenvalue weighted by Crippen LogP contribution is -2.12. The van der Waals surface area contributed by atoms with E-state index in [1.165, 1.54) is 0 Å². The van der Waals surface area contributed by atoms with Crippen molar-refractivity contribution in [3.63, 3.8) is 0 Å². The molecular formula is C23H18IN3O2. The molecule has 3 aromatic carbocycles. The number of carbonyl (C=O) groups is 1. The first-order valence-electron chi connectivity index (χ1n) is 9.00. The van der Waals surface area contributed by atoms with Crippen LogP contribution < -0.4 is 10.1 Å². The molecule has 0 saturated heterocycles. The fourth-order valence-electron chi connectivity index (χ4n) is 2.97. The van der Waals surface area contributed by atoms with Crippen molar-refractivity contribution in [2.45, 2.75) is 0 Å². The lowest BCUT2D eigenvalue weighted by molar-refractivity contribution is 0.102. The average Bonchev–Trinajstić information content (AvgIpc) is 3.22. The minimum atomic E-state index is -0.216. The molecule has 1 aromatic heterocycles. The molecule has 29 heavy (non-hydrogen) atoms. The van der Waals surface area contributed by atoms with Gasteiger partial charge in [0.25, 0.3) is 5.91 Å². The number of para-hydroxylation sites is 1. The third-order valence-electron chi connectivity index (χ3n) is 4.42. The van der Waals surface area contributed by atoms with Crippen molar-refractivity contribution < 1.29 is 9.53 Å². The molecule has 4 rings (SSSR count). The van der Waals surface area contributed by atoms with Crippen LogP contribution in [0.2, 0.25) is 0 Å². The predicted molar refractivity (Wildman–Crippen MR) is 123 cm³/mol. The van der Waals surface area contributed by atoms with Crippen LogP contribution in [-0.4, -0.2) is 22.8 Å². The minimum Gasteiger partial charge on any atom is -0.497 e. The van der Waals surface area contributed by atoms with E-state index in [9.17, 15) is 4.79 Å². The van der Waals surface area contributed by atoms with Gasteiger partial charge in [0.2, 0.25) is 0 Å². The Morgan fingerprint density at radius 3 is 2.48 bits per heavy atom. The van der Waals surface area contributed by atoms with E-state index < -0.39 is 0 Å². The minimum absolute atomic E-state index is 0.216. The largest absolute Gasteiger partial charge is 0.497 e. The maximum atomic E-state index is 13.1. The van der Waals surface area contributed by atoms with E-state index in [0.29, 0.717) is 17.0 Å². The van der Waals surface area contributed by atoms with Gasteiger partial charge in [-0.25, -0.2) is 4.68 Å². The van der Waals surface area contributed by atoms with Gasteiger partial charge in [-0.2, -0.15) is 5.10 Å². The summed E-state index contributed by atoms with van der Waals surface area (Å²) < 4.78 is 8.17. The summed E-state index contributed by atoms with van der Waals surface area (Å²) in [5.74, 6) is 0.493. The maximum absolute atomic E-state index is 13.1. The van der Waals surface area contributed by atoms with Crippen LogP contribution >= 0.6 is 22.6 Å². The van der Waals surface area contributed by atoms with Gasteiger partial charge in [0, 0.05) is 21.0 Å². The molecule has 0 saturated carbocycles. The van der Waals surface area contributed by atoms with Gasteiger partial charge >= 0.3 is 0 Å². The quantitative estimate of drug-likeness (QED) is 0.377. The lowest BCUT2D eigenvalue weighted by Gasteiger charge is -2.06. The SMILES string of the molecule is COc1cccc(-c2nn(-c3ccccc3)cc2C(=O)Nc2ccc(I)cc2)c1. The van der Waals surface area contributed by atoms with Gasteiger partial charge in [-0.15, -0.1) is 0 Å². The first-order chi connectivity index (χ1) is 14.1. The molecule has 1 N–H and O–H groups in total. The number of nitrogens with zero attached hydrogens (tertiary/aromatic N) is 2. The van der Waals surface area contributed by atoms with Crippen LogP contribution in [0, 0.1) is 3.57 Å². The van der Waals surface area contributed by atoms with E-state index in [4.69, 9.17) is 9.84 Å². The number of amides is 1. The Bertz CT molecular complexity index is 1140. The number of methoxy groups -OCH3 is 1. The van der Waals surface area contributed by atoms with Crippen molar-refractivity contribution in [1.82, 2.24) is 9.78 Å². The van der Waals surface area contributed by atoms with Crippen molar-refractivity contribution in [3.05, 3.63) is 94.2 Å². The van der Waals surface area contributed by atoms with E-state index >= 15 is 0 Å². The Balaban J connectivity index is 1.77. The number of hydrogen-bond donors (Lipinski definition) is 1. The summed E-state index contributed by atoms with van der Waals surface area (Å²) in [6.45, 7) is 0. The fraction of sp³-hybridized carbons (Fsp3) is 0.0435. The van der Waals surface area contributed by atoms with E-state index in [1.54, 1.807) is 18.0 Å². The van der Waals surface area contributed by atoms with Crippen LogP contribution in [-0.2, 0) is 0 Å². The Hall–Kier alpha value is -3.13. The molecule has 0 unspecified atom stereocenters. The number of nitrogens with one attached hydrogen (secondary N) is 1. The molecule has 0 aliphatic carbocycles. The highest BCUT2D eigenvalue weighted by atomic mass is 127. The summed E-state index contributed by atoms with van der Waals surface area (Å²) in [4.78, 5) is 13.1. The predicted octanol–water partition coefficient (Wildman–Crippen LogP) is 5.40. The zero-order valence-electron chi connectivity index (χ0n) is 15.7. The first kappa shape index (κ1) is 19.2. The molecule has 5 nitrogen and oxygen atoms in total. The number of hydrogen-bond acceptors (Lipinski definition) is 3. The number of halogens is 1. The van der Waals surface area contributed by atoms with Gasteiger partial charge in [-0.3, -0.25) is 4.79 Å². The van der Waals surface area contributed by atoms with E-state index in [2.05, 4.69) is 27.9 Å². The van der Waals surface area contributed by atoms with Crippen LogP contribution in [0.5, 0.6) is 5.75 Å². The highest BCUT2D eigenvalue weighted by Crippen LogP contribution is 2.27. The summed E-state index contributed by atoms with van der Waals surface area (Å²) in [7, 11) is 1.62. The molecule has 0 radical (unpaired) electrons. The maximum Gasteiger partial charge on any atom is 0.259 e. The van der Waals surface area contributed by atoms with Gasteiger partial charge in [-0.05, 0) is 71.1 Å². The van der Waals surface area contributed by atoms with Crippen LogP contribution in [0.25, 0.3) is 16.9 Å². The number of benzene rings is 3. The topological polar surface area (TPSA) is 56.2 Å². The van der Waals surface area contributed by atoms with Crippen LogP contribution in [0.1, 0.15) is 10.4 Å². The summed E-state index contributed by atoms with van der Waals surface area (Å²) in [5, 5.41) is 7.66. The molecule has 0 aliphatic rings. The van der Waals surface area contributed by atoms with Crippen molar-refractivity contribution in [2.75, 3.05) is 12.4 Å². The van der Waals surface area contributed by atoms with Gasteiger partial charge in [-0.1, -0.05) is 30.3 Å². The molecule has 0 spiro atoms. The summed E-state index contributed by atoms with van der Waals surface area (Å²) in [6.07, 6.45) is 1.76. The zero-order chi connectivity index (χ0) is 20.2. The molecule has 6 heteroatoms. The van der Waals surface area contributed by atoms with Crippen molar-refractivity contribution in [2.24, 2.45) is 0 Å². The molecule has 0 aliphatic heterocycles. The van der Waals surface area contributed by atoms with Crippen molar-refractivity contribution in [1.29, 1.82) is 0 Å². The summed E-state index contributed by atoms with van der Waals surface area (Å²) >= 11 is 2.23. The molecule has 144 valence electrons. The Morgan fingerprint density at radius 2 is 1.76 bits per heavy atom. The molecule has 0 bridgehead atoms. The molecular weight excluding hydrogens is 477 g/mol. The van der Waals surface area contributed by atoms with Crippen molar-refractivity contribution in [3.8, 4) is 22.7 Å². The molecule has 1 amide bonds. The number of ether oxygens (including phenoxy) is 1. The third-order valence-corrected chi connectivity index (χ3v) is 5.14.